The quantitative estimate of drug-likeness (QED) is 0.550. The van der Waals surface area contributed by atoms with Crippen LogP contribution in [0.4, 0.5) is 0 Å². The highest BCUT2D eigenvalue weighted by Gasteiger charge is 2.11. The summed E-state index contributed by atoms with van der Waals surface area (Å²) in [4.78, 5) is 2.60. The van der Waals surface area contributed by atoms with E-state index in [0.717, 1.165) is 6.04 Å². The van der Waals surface area contributed by atoms with E-state index in [-0.39, 0.29) is 0 Å². The average molecular weight is 208 g/mol. The zero-order valence-corrected chi connectivity index (χ0v) is 9.75. The van der Waals surface area contributed by atoms with Crippen LogP contribution in [-0.4, -0.2) is 37.1 Å². The molecule has 0 aromatic heterocycles. The van der Waals surface area contributed by atoms with Gasteiger partial charge in [0, 0.05) is 6.04 Å². The average Bonchev–Trinajstić information content (AvgIpc) is 2.79. The van der Waals surface area contributed by atoms with Gasteiger partial charge in [0.1, 0.15) is 0 Å². The monoisotopic (exact) mass is 208 g/mol. The summed E-state index contributed by atoms with van der Waals surface area (Å²) in [6.07, 6.45) is 12.6. The molecule has 1 N–H and O–H groups in total. The molecule has 0 radical (unpaired) electrons. The summed E-state index contributed by atoms with van der Waals surface area (Å²) in [6, 6.07) is 0.758. The van der Waals surface area contributed by atoms with Gasteiger partial charge < -0.3 is 10.2 Å². The van der Waals surface area contributed by atoms with Crippen molar-refractivity contribution in [3.8, 4) is 0 Å². The molecule has 0 amide bonds. The molecule has 0 aromatic carbocycles. The molecule has 0 bridgehead atoms. The van der Waals surface area contributed by atoms with E-state index in [1.807, 2.05) is 0 Å². The van der Waals surface area contributed by atoms with Crippen molar-refractivity contribution < 1.29 is 0 Å². The Bertz CT molecular complexity index is 195. The Morgan fingerprint density at radius 3 is 2.80 bits per heavy atom. The van der Waals surface area contributed by atoms with Crippen molar-refractivity contribution in [2.75, 3.05) is 26.2 Å². The van der Waals surface area contributed by atoms with E-state index in [1.54, 1.807) is 0 Å². The molecule has 1 aliphatic heterocycles. The van der Waals surface area contributed by atoms with Crippen LogP contribution in [0.15, 0.2) is 12.2 Å². The van der Waals surface area contributed by atoms with E-state index in [4.69, 9.17) is 0 Å². The minimum Gasteiger partial charge on any atom is -0.314 e. The summed E-state index contributed by atoms with van der Waals surface area (Å²) in [5, 5.41) is 3.67. The van der Waals surface area contributed by atoms with Gasteiger partial charge in [0.25, 0.3) is 0 Å². The minimum atomic E-state index is 0.758. The Balaban J connectivity index is 1.49. The molecule has 1 fully saturated rings. The largest absolute Gasteiger partial charge is 0.314 e. The predicted octanol–water partition coefficient (Wildman–Crippen LogP) is 2.17. The maximum atomic E-state index is 3.67. The maximum absolute atomic E-state index is 3.67. The lowest BCUT2D eigenvalue weighted by molar-refractivity contribution is 0.325. The number of allylic oxidation sites excluding steroid dienone is 1. The van der Waals surface area contributed by atoms with Crippen molar-refractivity contribution in [1.82, 2.24) is 10.2 Å². The van der Waals surface area contributed by atoms with Crippen molar-refractivity contribution >= 4 is 0 Å². The molecule has 1 saturated heterocycles. The second kappa shape index (κ2) is 6.29. The topological polar surface area (TPSA) is 15.3 Å². The lowest BCUT2D eigenvalue weighted by atomic mass is 10.0. The molecule has 2 nitrogen and oxygen atoms in total. The van der Waals surface area contributed by atoms with Crippen molar-refractivity contribution in [2.45, 2.75) is 44.6 Å². The van der Waals surface area contributed by atoms with E-state index in [2.05, 4.69) is 22.4 Å². The van der Waals surface area contributed by atoms with Crippen LogP contribution >= 0.6 is 0 Å². The Morgan fingerprint density at radius 1 is 1.20 bits per heavy atom. The van der Waals surface area contributed by atoms with Crippen LogP contribution in [-0.2, 0) is 0 Å². The molecule has 1 aliphatic carbocycles. The first-order valence-corrected chi connectivity index (χ1v) is 6.56. The second-order valence-corrected chi connectivity index (χ2v) is 4.84. The van der Waals surface area contributed by atoms with Gasteiger partial charge in [0.2, 0.25) is 0 Å². The number of likely N-dealkylation sites (tertiary alicyclic amines) is 1. The van der Waals surface area contributed by atoms with Crippen LogP contribution in [0.3, 0.4) is 0 Å². The van der Waals surface area contributed by atoms with Crippen LogP contribution in [0.2, 0.25) is 0 Å². The number of hydrogen-bond donors (Lipinski definition) is 1. The van der Waals surface area contributed by atoms with E-state index < -0.39 is 0 Å². The van der Waals surface area contributed by atoms with Gasteiger partial charge in [-0.3, -0.25) is 0 Å². The zero-order chi connectivity index (χ0) is 10.3. The lowest BCUT2D eigenvalue weighted by Gasteiger charge is -2.20. The third-order valence-electron chi connectivity index (χ3n) is 3.55. The third kappa shape index (κ3) is 3.96. The summed E-state index contributed by atoms with van der Waals surface area (Å²) >= 11 is 0. The smallest absolute Gasteiger partial charge is 0.0104 e. The molecule has 1 unspecified atom stereocenters. The van der Waals surface area contributed by atoms with E-state index in [1.165, 1.54) is 64.7 Å². The molecule has 2 heteroatoms. The zero-order valence-electron chi connectivity index (χ0n) is 9.75. The van der Waals surface area contributed by atoms with Crippen molar-refractivity contribution in [3.05, 3.63) is 12.2 Å². The first kappa shape index (κ1) is 11.2. The van der Waals surface area contributed by atoms with Gasteiger partial charge in [-0.05, 0) is 64.7 Å². The van der Waals surface area contributed by atoms with Gasteiger partial charge in [0.05, 0.1) is 0 Å². The highest BCUT2D eigenvalue weighted by Crippen LogP contribution is 2.10. The number of nitrogens with zero attached hydrogens (tertiary/aromatic N) is 1. The second-order valence-electron chi connectivity index (χ2n) is 4.84. The van der Waals surface area contributed by atoms with Crippen molar-refractivity contribution in [1.29, 1.82) is 0 Å². The molecule has 1 heterocycles. The van der Waals surface area contributed by atoms with Crippen molar-refractivity contribution in [2.24, 2.45) is 0 Å². The molecule has 2 aliphatic rings. The fraction of sp³-hybridized carbons (Fsp3) is 0.846. The van der Waals surface area contributed by atoms with E-state index in [0.29, 0.717) is 0 Å². The van der Waals surface area contributed by atoms with Gasteiger partial charge >= 0.3 is 0 Å². The van der Waals surface area contributed by atoms with E-state index >= 15 is 0 Å². The summed E-state index contributed by atoms with van der Waals surface area (Å²) in [7, 11) is 0. The molecular formula is C13H24N2. The first-order valence-electron chi connectivity index (χ1n) is 6.56. The highest BCUT2D eigenvalue weighted by atomic mass is 15.1. The summed E-state index contributed by atoms with van der Waals surface area (Å²) in [6.45, 7) is 5.18. The van der Waals surface area contributed by atoms with Crippen molar-refractivity contribution in [3.63, 3.8) is 0 Å². The molecule has 1 atom stereocenters. The molecule has 0 saturated carbocycles. The summed E-state index contributed by atoms with van der Waals surface area (Å²) in [5.41, 5.74) is 0. The fourth-order valence-corrected chi connectivity index (χ4v) is 2.59. The van der Waals surface area contributed by atoms with Gasteiger partial charge in [-0.25, -0.2) is 0 Å². The van der Waals surface area contributed by atoms with Crippen LogP contribution in [0.5, 0.6) is 0 Å². The maximum Gasteiger partial charge on any atom is 0.0104 e. The van der Waals surface area contributed by atoms with Crippen LogP contribution in [0.1, 0.15) is 38.5 Å². The third-order valence-corrected chi connectivity index (χ3v) is 3.55. The predicted molar refractivity (Wildman–Crippen MR) is 65.1 cm³/mol. The molecule has 2 rings (SSSR count). The molecule has 0 aromatic rings. The summed E-state index contributed by atoms with van der Waals surface area (Å²) in [5.74, 6) is 0. The van der Waals surface area contributed by atoms with Crippen LogP contribution in [0.25, 0.3) is 0 Å². The van der Waals surface area contributed by atoms with Gasteiger partial charge in [-0.15, -0.1) is 0 Å². The van der Waals surface area contributed by atoms with Crippen LogP contribution in [0, 0.1) is 0 Å². The molecular weight excluding hydrogens is 184 g/mol. The fourth-order valence-electron chi connectivity index (χ4n) is 2.59. The van der Waals surface area contributed by atoms with Gasteiger partial charge in [0.15, 0.2) is 0 Å². The van der Waals surface area contributed by atoms with Gasteiger partial charge in [-0.2, -0.15) is 0 Å². The first-order chi connectivity index (χ1) is 7.45. The highest BCUT2D eigenvalue weighted by molar-refractivity contribution is 4.92. The Hall–Kier alpha value is -0.340. The Labute approximate surface area is 93.7 Å². The summed E-state index contributed by atoms with van der Waals surface area (Å²) < 4.78 is 0. The molecule has 0 spiro atoms. The normalized spacial score (nSPS) is 27.3. The minimum absolute atomic E-state index is 0.758. The van der Waals surface area contributed by atoms with E-state index in [9.17, 15) is 0 Å². The Kier molecular flexibility index (Phi) is 4.68. The van der Waals surface area contributed by atoms with Crippen LogP contribution < -0.4 is 5.32 Å². The number of rotatable bonds is 5. The lowest BCUT2D eigenvalue weighted by Crippen LogP contribution is -2.32. The number of hydrogen-bond acceptors (Lipinski definition) is 2. The van der Waals surface area contributed by atoms with Gasteiger partial charge in [-0.1, -0.05) is 12.2 Å². The SMILES string of the molecule is C1=CCC(NCCCN2CCCC2)CC1. The molecule has 15 heavy (non-hydrogen) atoms. The standard InChI is InChI=1S/C13H24N2/c1-2-7-13(8-3-1)14-9-6-12-15-10-4-5-11-15/h1-2,13-14H,3-12H2. The Morgan fingerprint density at radius 2 is 2.07 bits per heavy atom. The number of nitrogens with one attached hydrogen (secondary N) is 1. The molecule has 86 valence electrons.